The molecule has 0 radical (unpaired) electrons. The summed E-state index contributed by atoms with van der Waals surface area (Å²) >= 11 is 0. The number of carbonyl (C=O) groups is 1. The Morgan fingerprint density at radius 2 is 1.40 bits per heavy atom. The normalized spacial score (nSPS) is 30.3. The number of unbranched alkanes of at least 4 members (excludes halogenated alkanes) is 4. The molecule has 2 aliphatic rings. The summed E-state index contributed by atoms with van der Waals surface area (Å²) in [5.41, 5.74) is 0. The highest BCUT2D eigenvalue weighted by atomic mass is 16.5. The van der Waals surface area contributed by atoms with Gasteiger partial charge in [-0.25, -0.2) is 0 Å². The van der Waals surface area contributed by atoms with E-state index in [1.165, 1.54) is 70.6 Å². The highest BCUT2D eigenvalue weighted by Crippen LogP contribution is 2.35. The second-order valence-electron chi connectivity index (χ2n) is 8.56. The van der Waals surface area contributed by atoms with Crippen LogP contribution < -0.4 is 0 Å². The van der Waals surface area contributed by atoms with E-state index in [-0.39, 0.29) is 5.92 Å². The second kappa shape index (κ2) is 11.9. The van der Waals surface area contributed by atoms with Gasteiger partial charge in [0.15, 0.2) is 0 Å². The maximum absolute atomic E-state index is 11.0. The SMILES string of the molecule is CCCCCCCOC1CCC(CCC2CCC(C(=O)O)CC2)CC1. The van der Waals surface area contributed by atoms with Crippen LogP contribution in [-0.2, 0) is 9.53 Å². The Morgan fingerprint density at radius 1 is 0.840 bits per heavy atom. The fourth-order valence-corrected chi connectivity index (χ4v) is 4.71. The molecule has 2 aliphatic carbocycles. The molecule has 1 N–H and O–H groups in total. The third-order valence-electron chi connectivity index (χ3n) is 6.57. The number of carboxylic acid groups (broad SMARTS) is 1. The Balaban J connectivity index is 1.48. The minimum absolute atomic E-state index is 0.0641. The molecule has 0 atom stereocenters. The number of rotatable bonds is 11. The molecule has 146 valence electrons. The topological polar surface area (TPSA) is 46.5 Å². The molecule has 0 aromatic heterocycles. The molecule has 0 bridgehead atoms. The third kappa shape index (κ3) is 8.11. The Morgan fingerprint density at radius 3 is 1.96 bits per heavy atom. The van der Waals surface area contributed by atoms with Crippen molar-refractivity contribution >= 4 is 5.97 Å². The predicted octanol–water partition coefficient (Wildman–Crippen LogP) is 6.20. The van der Waals surface area contributed by atoms with Crippen molar-refractivity contribution in [3.8, 4) is 0 Å². The third-order valence-corrected chi connectivity index (χ3v) is 6.57. The van der Waals surface area contributed by atoms with Crippen LogP contribution in [0.4, 0.5) is 0 Å². The van der Waals surface area contributed by atoms with Crippen molar-refractivity contribution in [2.75, 3.05) is 6.61 Å². The minimum atomic E-state index is -0.581. The van der Waals surface area contributed by atoms with Gasteiger partial charge in [0.05, 0.1) is 12.0 Å². The molecule has 25 heavy (non-hydrogen) atoms. The molecule has 3 heteroatoms. The lowest BCUT2D eigenvalue weighted by Gasteiger charge is -2.31. The lowest BCUT2D eigenvalue weighted by Crippen LogP contribution is -2.24. The van der Waals surface area contributed by atoms with Gasteiger partial charge in [-0.3, -0.25) is 4.79 Å². The van der Waals surface area contributed by atoms with Crippen LogP contribution in [0.2, 0.25) is 0 Å². The maximum atomic E-state index is 11.0. The molecule has 0 unspecified atom stereocenters. The van der Waals surface area contributed by atoms with Crippen molar-refractivity contribution in [3.63, 3.8) is 0 Å². The van der Waals surface area contributed by atoms with E-state index >= 15 is 0 Å². The predicted molar refractivity (Wildman–Crippen MR) is 103 cm³/mol. The highest BCUT2D eigenvalue weighted by Gasteiger charge is 2.27. The first-order valence-electron chi connectivity index (χ1n) is 11.0. The number of aliphatic carboxylic acids is 1. The Kier molecular flexibility index (Phi) is 9.90. The summed E-state index contributed by atoms with van der Waals surface area (Å²) in [6.07, 6.45) is 19.0. The first-order valence-corrected chi connectivity index (χ1v) is 11.0. The van der Waals surface area contributed by atoms with Gasteiger partial charge in [0.1, 0.15) is 0 Å². The molecule has 0 heterocycles. The van der Waals surface area contributed by atoms with Crippen molar-refractivity contribution in [2.24, 2.45) is 17.8 Å². The molecule has 2 saturated carbocycles. The fraction of sp³-hybridized carbons (Fsp3) is 0.955. The Hall–Kier alpha value is -0.570. The summed E-state index contributed by atoms with van der Waals surface area (Å²) in [7, 11) is 0. The van der Waals surface area contributed by atoms with Crippen LogP contribution in [0.25, 0.3) is 0 Å². The quantitative estimate of drug-likeness (QED) is 0.450. The van der Waals surface area contributed by atoms with E-state index in [0.29, 0.717) is 6.10 Å². The van der Waals surface area contributed by atoms with Gasteiger partial charge in [-0.05, 0) is 69.6 Å². The van der Waals surface area contributed by atoms with E-state index < -0.39 is 5.97 Å². The number of ether oxygens (including phenoxy) is 1. The van der Waals surface area contributed by atoms with Gasteiger partial charge in [0.2, 0.25) is 0 Å². The van der Waals surface area contributed by atoms with Crippen molar-refractivity contribution < 1.29 is 14.6 Å². The average Bonchev–Trinajstić information content (AvgIpc) is 2.64. The summed E-state index contributed by atoms with van der Waals surface area (Å²) in [5, 5.41) is 9.09. The lowest BCUT2D eigenvalue weighted by molar-refractivity contribution is -0.143. The first-order chi connectivity index (χ1) is 12.2. The monoisotopic (exact) mass is 352 g/mol. The molecule has 0 saturated heterocycles. The zero-order chi connectivity index (χ0) is 17.9. The molecular formula is C22H40O3. The fourth-order valence-electron chi connectivity index (χ4n) is 4.71. The zero-order valence-corrected chi connectivity index (χ0v) is 16.4. The molecule has 0 amide bonds. The summed E-state index contributed by atoms with van der Waals surface area (Å²) in [6.45, 7) is 3.22. The standard InChI is InChI=1S/C22H40O3/c1-2-3-4-5-6-17-25-21-15-11-19(12-16-21)8-7-18-9-13-20(14-10-18)22(23)24/h18-21H,2-17H2,1H3,(H,23,24). The molecule has 0 aromatic carbocycles. The van der Waals surface area contributed by atoms with Gasteiger partial charge in [-0.15, -0.1) is 0 Å². The summed E-state index contributed by atoms with van der Waals surface area (Å²) in [5.74, 6) is 1.03. The highest BCUT2D eigenvalue weighted by molar-refractivity contribution is 5.69. The van der Waals surface area contributed by atoms with Gasteiger partial charge in [0.25, 0.3) is 0 Å². The first kappa shape index (κ1) is 20.7. The average molecular weight is 353 g/mol. The molecule has 3 nitrogen and oxygen atoms in total. The van der Waals surface area contributed by atoms with Gasteiger partial charge >= 0.3 is 5.97 Å². The second-order valence-corrected chi connectivity index (χ2v) is 8.56. The number of hydrogen-bond acceptors (Lipinski definition) is 2. The van der Waals surface area contributed by atoms with Crippen LogP contribution in [0.5, 0.6) is 0 Å². The molecule has 0 aliphatic heterocycles. The van der Waals surface area contributed by atoms with Crippen LogP contribution >= 0.6 is 0 Å². The van der Waals surface area contributed by atoms with Crippen molar-refractivity contribution in [1.82, 2.24) is 0 Å². The van der Waals surface area contributed by atoms with E-state index in [1.54, 1.807) is 0 Å². The molecular weight excluding hydrogens is 312 g/mol. The Labute approximate surface area is 154 Å². The smallest absolute Gasteiger partial charge is 0.306 e. The summed E-state index contributed by atoms with van der Waals surface area (Å²) < 4.78 is 6.08. The van der Waals surface area contributed by atoms with Crippen LogP contribution in [0.3, 0.4) is 0 Å². The van der Waals surface area contributed by atoms with Gasteiger partial charge in [-0.2, -0.15) is 0 Å². The van der Waals surface area contributed by atoms with E-state index in [4.69, 9.17) is 9.84 Å². The molecule has 0 spiro atoms. The lowest BCUT2D eigenvalue weighted by atomic mass is 9.77. The number of hydrogen-bond donors (Lipinski definition) is 1. The van der Waals surface area contributed by atoms with E-state index in [0.717, 1.165) is 44.1 Å². The molecule has 2 rings (SSSR count). The van der Waals surface area contributed by atoms with Crippen LogP contribution in [-0.4, -0.2) is 23.8 Å². The maximum Gasteiger partial charge on any atom is 0.306 e. The number of carboxylic acids is 1. The largest absolute Gasteiger partial charge is 0.481 e. The molecule has 0 aromatic rings. The van der Waals surface area contributed by atoms with E-state index in [9.17, 15) is 4.79 Å². The van der Waals surface area contributed by atoms with Crippen molar-refractivity contribution in [3.05, 3.63) is 0 Å². The van der Waals surface area contributed by atoms with E-state index in [2.05, 4.69) is 6.92 Å². The van der Waals surface area contributed by atoms with Crippen LogP contribution in [0, 0.1) is 17.8 Å². The van der Waals surface area contributed by atoms with Gasteiger partial charge < -0.3 is 9.84 Å². The van der Waals surface area contributed by atoms with Crippen LogP contribution in [0.15, 0.2) is 0 Å². The van der Waals surface area contributed by atoms with Gasteiger partial charge in [-0.1, -0.05) is 45.4 Å². The van der Waals surface area contributed by atoms with Gasteiger partial charge in [0, 0.05) is 6.61 Å². The van der Waals surface area contributed by atoms with Crippen molar-refractivity contribution in [1.29, 1.82) is 0 Å². The summed E-state index contributed by atoms with van der Waals surface area (Å²) in [6, 6.07) is 0. The zero-order valence-electron chi connectivity index (χ0n) is 16.4. The Bertz CT molecular complexity index is 352. The summed E-state index contributed by atoms with van der Waals surface area (Å²) in [4.78, 5) is 11.0. The molecule has 2 fully saturated rings. The van der Waals surface area contributed by atoms with Crippen LogP contribution in [0.1, 0.15) is 103 Å². The van der Waals surface area contributed by atoms with Crippen molar-refractivity contribution in [2.45, 2.75) is 109 Å². The minimum Gasteiger partial charge on any atom is -0.481 e. The van der Waals surface area contributed by atoms with E-state index in [1.807, 2.05) is 0 Å².